The molecule has 4 rings (SSSR count). The van der Waals surface area contributed by atoms with Gasteiger partial charge in [-0.15, -0.1) is 0 Å². The number of aromatic hydroxyl groups is 1. The van der Waals surface area contributed by atoms with Crippen molar-refractivity contribution in [3.63, 3.8) is 0 Å². The van der Waals surface area contributed by atoms with Crippen molar-refractivity contribution in [2.24, 2.45) is 0 Å². The highest BCUT2D eigenvalue weighted by atomic mass is 16.3. The minimum Gasteiger partial charge on any atom is -0.506 e. The number of benzene rings is 1. The Hall–Kier alpha value is -2.56. The van der Waals surface area contributed by atoms with Crippen molar-refractivity contribution < 1.29 is 5.11 Å². The van der Waals surface area contributed by atoms with E-state index >= 15 is 0 Å². The molecule has 0 atom stereocenters. The zero-order chi connectivity index (χ0) is 19.0. The van der Waals surface area contributed by atoms with Gasteiger partial charge in [0.15, 0.2) is 0 Å². The van der Waals surface area contributed by atoms with Gasteiger partial charge in [-0.2, -0.15) is 0 Å². The summed E-state index contributed by atoms with van der Waals surface area (Å²) in [7, 11) is 0. The van der Waals surface area contributed by atoms with E-state index in [0.29, 0.717) is 18.3 Å². The summed E-state index contributed by atoms with van der Waals surface area (Å²) in [6, 6.07) is 8.35. The van der Waals surface area contributed by atoms with Crippen molar-refractivity contribution in [1.29, 1.82) is 0 Å². The number of aromatic nitrogens is 3. The predicted molar refractivity (Wildman–Crippen MR) is 109 cm³/mol. The monoisotopic (exact) mass is 364 g/mol. The van der Waals surface area contributed by atoms with E-state index in [4.69, 9.17) is 4.98 Å². The van der Waals surface area contributed by atoms with Gasteiger partial charge in [-0.3, -0.25) is 4.98 Å². The lowest BCUT2D eigenvalue weighted by Crippen LogP contribution is -2.24. The van der Waals surface area contributed by atoms with Gasteiger partial charge in [-0.25, -0.2) is 4.98 Å². The number of rotatable bonds is 4. The molecule has 1 aromatic carbocycles. The SMILES string of the molecule is Cc1cc(C)c2c(c1)nc(NC1CCCCC1)n2Cc1nc(C)ccc1O. The fourth-order valence-electron chi connectivity index (χ4n) is 4.22. The molecular weight excluding hydrogens is 336 g/mol. The molecular formula is C22H28N4O. The summed E-state index contributed by atoms with van der Waals surface area (Å²) >= 11 is 0. The number of pyridine rings is 1. The maximum Gasteiger partial charge on any atom is 0.204 e. The zero-order valence-electron chi connectivity index (χ0n) is 16.4. The fraction of sp³-hybridized carbons (Fsp3) is 0.455. The van der Waals surface area contributed by atoms with Crippen molar-refractivity contribution in [1.82, 2.24) is 14.5 Å². The van der Waals surface area contributed by atoms with Crippen molar-refractivity contribution in [3.8, 4) is 5.75 Å². The molecule has 0 aliphatic heterocycles. The minimum atomic E-state index is 0.232. The Morgan fingerprint density at radius 2 is 1.85 bits per heavy atom. The molecule has 5 nitrogen and oxygen atoms in total. The van der Waals surface area contributed by atoms with Gasteiger partial charge in [0.05, 0.1) is 17.6 Å². The molecule has 0 amide bonds. The van der Waals surface area contributed by atoms with Crippen LogP contribution in [0.3, 0.4) is 0 Å². The molecule has 1 aliphatic rings. The first kappa shape index (κ1) is 17.8. The number of nitrogens with zero attached hydrogens (tertiary/aromatic N) is 3. The number of imidazole rings is 1. The van der Waals surface area contributed by atoms with Crippen molar-refractivity contribution in [2.45, 2.75) is 65.5 Å². The average molecular weight is 364 g/mol. The van der Waals surface area contributed by atoms with Gasteiger partial charge in [-0.1, -0.05) is 25.3 Å². The molecule has 0 radical (unpaired) electrons. The van der Waals surface area contributed by atoms with E-state index in [9.17, 15) is 5.11 Å². The Labute approximate surface area is 160 Å². The Balaban J connectivity index is 1.79. The van der Waals surface area contributed by atoms with Crippen LogP contribution in [-0.2, 0) is 6.54 Å². The van der Waals surface area contributed by atoms with Crippen LogP contribution in [0.15, 0.2) is 24.3 Å². The summed E-state index contributed by atoms with van der Waals surface area (Å²) in [6.07, 6.45) is 6.25. The first-order chi connectivity index (χ1) is 13.0. The molecule has 2 aromatic heterocycles. The van der Waals surface area contributed by atoms with E-state index in [2.05, 4.69) is 40.8 Å². The molecule has 2 heterocycles. The second-order valence-electron chi connectivity index (χ2n) is 7.87. The lowest BCUT2D eigenvalue weighted by atomic mass is 9.96. The summed E-state index contributed by atoms with van der Waals surface area (Å²) in [5.41, 5.74) is 6.11. The fourth-order valence-corrected chi connectivity index (χ4v) is 4.22. The second-order valence-corrected chi connectivity index (χ2v) is 7.87. The van der Waals surface area contributed by atoms with Gasteiger partial charge >= 0.3 is 0 Å². The Kier molecular flexibility index (Phi) is 4.77. The highest BCUT2D eigenvalue weighted by molar-refractivity contribution is 5.83. The normalized spacial score (nSPS) is 15.4. The lowest BCUT2D eigenvalue weighted by Gasteiger charge is -2.24. The standard InChI is InChI=1S/C22H28N4O/c1-14-11-15(2)21-18(12-14)25-22(24-17-7-5-4-6-8-17)26(21)13-19-20(27)10-9-16(3)23-19/h9-12,17,27H,4-8,13H2,1-3H3,(H,24,25). The van der Waals surface area contributed by atoms with Crippen molar-refractivity contribution >= 4 is 17.0 Å². The topological polar surface area (TPSA) is 63.0 Å². The van der Waals surface area contributed by atoms with E-state index in [-0.39, 0.29) is 5.75 Å². The second kappa shape index (κ2) is 7.22. The van der Waals surface area contributed by atoms with Crippen LogP contribution in [0.25, 0.3) is 11.0 Å². The van der Waals surface area contributed by atoms with E-state index in [0.717, 1.165) is 22.7 Å². The van der Waals surface area contributed by atoms with Crippen molar-refractivity contribution in [2.75, 3.05) is 5.32 Å². The number of anilines is 1. The molecule has 1 fully saturated rings. The molecule has 0 saturated heterocycles. The van der Waals surface area contributed by atoms with Crippen molar-refractivity contribution in [3.05, 3.63) is 46.8 Å². The third-order valence-electron chi connectivity index (χ3n) is 5.51. The van der Waals surface area contributed by atoms with E-state index < -0.39 is 0 Å². The maximum atomic E-state index is 10.3. The predicted octanol–water partition coefficient (Wildman–Crippen LogP) is 4.86. The van der Waals surface area contributed by atoms with Gasteiger partial charge < -0.3 is 15.0 Å². The minimum absolute atomic E-state index is 0.232. The first-order valence-electron chi connectivity index (χ1n) is 9.91. The number of aryl methyl sites for hydroxylation is 3. The summed E-state index contributed by atoms with van der Waals surface area (Å²) in [6.45, 7) is 6.68. The van der Waals surface area contributed by atoms with Crippen LogP contribution < -0.4 is 5.32 Å². The van der Waals surface area contributed by atoms with E-state index in [1.165, 1.54) is 43.2 Å². The third kappa shape index (κ3) is 3.64. The highest BCUT2D eigenvalue weighted by Gasteiger charge is 2.20. The van der Waals surface area contributed by atoms with Crippen LogP contribution in [0.2, 0.25) is 0 Å². The molecule has 27 heavy (non-hydrogen) atoms. The molecule has 3 aromatic rings. The molecule has 2 N–H and O–H groups in total. The molecule has 0 unspecified atom stereocenters. The van der Waals surface area contributed by atoms with E-state index in [1.54, 1.807) is 6.07 Å². The van der Waals surface area contributed by atoms with Gasteiger partial charge in [0.25, 0.3) is 0 Å². The van der Waals surface area contributed by atoms with Crippen LogP contribution in [0.4, 0.5) is 5.95 Å². The average Bonchev–Trinajstić information content (AvgIpc) is 2.96. The number of hydrogen-bond donors (Lipinski definition) is 2. The summed E-state index contributed by atoms with van der Waals surface area (Å²) in [5.74, 6) is 1.11. The van der Waals surface area contributed by atoms with E-state index in [1.807, 2.05) is 13.0 Å². The quantitative estimate of drug-likeness (QED) is 0.694. The van der Waals surface area contributed by atoms with Crippen LogP contribution in [-0.4, -0.2) is 25.7 Å². The Bertz CT molecular complexity index is 970. The number of hydrogen-bond acceptors (Lipinski definition) is 4. The zero-order valence-corrected chi connectivity index (χ0v) is 16.4. The van der Waals surface area contributed by atoms with Gasteiger partial charge in [-0.05, 0) is 62.9 Å². The molecule has 142 valence electrons. The van der Waals surface area contributed by atoms with Gasteiger partial charge in [0, 0.05) is 11.7 Å². The van der Waals surface area contributed by atoms with Crippen LogP contribution in [0.5, 0.6) is 5.75 Å². The molecule has 1 saturated carbocycles. The molecule has 0 bridgehead atoms. The van der Waals surface area contributed by atoms with Gasteiger partial charge in [0.1, 0.15) is 11.4 Å². The smallest absolute Gasteiger partial charge is 0.204 e. The largest absolute Gasteiger partial charge is 0.506 e. The maximum absolute atomic E-state index is 10.3. The molecule has 5 heteroatoms. The Morgan fingerprint density at radius 1 is 1.07 bits per heavy atom. The first-order valence-corrected chi connectivity index (χ1v) is 9.91. The summed E-state index contributed by atoms with van der Waals surface area (Å²) in [4.78, 5) is 9.48. The van der Waals surface area contributed by atoms with Crippen LogP contribution in [0, 0.1) is 20.8 Å². The molecule has 1 aliphatic carbocycles. The summed E-state index contributed by atoms with van der Waals surface area (Å²) in [5, 5.41) is 14.0. The van der Waals surface area contributed by atoms with Crippen LogP contribution >= 0.6 is 0 Å². The van der Waals surface area contributed by atoms with Crippen LogP contribution in [0.1, 0.15) is 54.6 Å². The number of fused-ring (bicyclic) bond motifs is 1. The van der Waals surface area contributed by atoms with Gasteiger partial charge in [0.2, 0.25) is 5.95 Å². The molecule has 0 spiro atoms. The lowest BCUT2D eigenvalue weighted by molar-refractivity contribution is 0.456. The summed E-state index contributed by atoms with van der Waals surface area (Å²) < 4.78 is 2.18. The Morgan fingerprint density at radius 3 is 2.63 bits per heavy atom. The number of nitrogens with one attached hydrogen (secondary N) is 1. The highest BCUT2D eigenvalue weighted by Crippen LogP contribution is 2.29. The third-order valence-corrected chi connectivity index (χ3v) is 5.51.